The van der Waals surface area contributed by atoms with Crippen LogP contribution in [0.5, 0.6) is 5.75 Å². The first-order valence-corrected chi connectivity index (χ1v) is 9.76. The molecule has 1 aliphatic rings. The Balaban J connectivity index is 1.86. The smallest absolute Gasteiger partial charge is 0.195 e. The number of nitrogen functional groups attached to an aromatic ring is 1. The Morgan fingerprint density at radius 1 is 1.29 bits per heavy atom. The van der Waals surface area contributed by atoms with Crippen molar-refractivity contribution in [1.82, 2.24) is 4.98 Å². The third kappa shape index (κ3) is 2.73. The highest BCUT2D eigenvalue weighted by Crippen LogP contribution is 2.46. The van der Waals surface area contributed by atoms with E-state index in [-0.39, 0.29) is 19.0 Å². The lowest BCUT2D eigenvalue weighted by molar-refractivity contribution is 0.0535. The van der Waals surface area contributed by atoms with Crippen LogP contribution in [0.25, 0.3) is 10.9 Å². The summed E-state index contributed by atoms with van der Waals surface area (Å²) in [4.78, 5) is 16.7. The van der Waals surface area contributed by atoms with Crippen molar-refractivity contribution in [2.45, 2.75) is 25.4 Å². The molecule has 1 atom stereocenters. The van der Waals surface area contributed by atoms with E-state index in [0.717, 1.165) is 26.6 Å². The fraction of sp³-hybridized carbons (Fsp3) is 0.286. The number of ether oxygens (including phenoxy) is 1. The van der Waals surface area contributed by atoms with E-state index >= 15 is 0 Å². The van der Waals surface area contributed by atoms with Crippen molar-refractivity contribution >= 4 is 38.3 Å². The second-order valence-corrected chi connectivity index (χ2v) is 8.37. The number of hydrogen-bond acceptors (Lipinski definition) is 5. The lowest BCUT2D eigenvalue weighted by Crippen LogP contribution is -2.30. The number of rotatable bonds is 4. The van der Waals surface area contributed by atoms with Gasteiger partial charge in [0.15, 0.2) is 5.78 Å². The van der Waals surface area contributed by atoms with E-state index in [1.807, 2.05) is 12.1 Å². The summed E-state index contributed by atoms with van der Waals surface area (Å²) >= 11 is 3.52. The van der Waals surface area contributed by atoms with Gasteiger partial charge in [0, 0.05) is 27.7 Å². The standard InChI is InChI=1S/C21H21BrN2O4/c1-21(2)14-7-11(28-9-10(26)8-25)3-4-12(14)19(27)16-13-5-6-15(23)17(22)18(13)24-20(16)21/h3-7,10,24-26H,8-9,23H2,1-2H3/t10-/m0/s1. The van der Waals surface area contributed by atoms with Crippen LogP contribution < -0.4 is 10.5 Å². The fourth-order valence-corrected chi connectivity index (χ4v) is 4.24. The Hall–Kier alpha value is -2.35. The number of carbonyl (C=O) groups is 1. The predicted molar refractivity (Wildman–Crippen MR) is 111 cm³/mol. The van der Waals surface area contributed by atoms with Crippen LogP contribution in [0.2, 0.25) is 0 Å². The van der Waals surface area contributed by atoms with Gasteiger partial charge in [0.05, 0.1) is 22.2 Å². The molecule has 0 saturated heterocycles. The highest BCUT2D eigenvalue weighted by atomic mass is 79.9. The van der Waals surface area contributed by atoms with Gasteiger partial charge in [0.25, 0.3) is 0 Å². The van der Waals surface area contributed by atoms with Crippen molar-refractivity contribution in [3.05, 3.63) is 57.2 Å². The number of H-pyrrole nitrogens is 1. The summed E-state index contributed by atoms with van der Waals surface area (Å²) in [6.45, 7) is 3.71. The number of anilines is 1. The molecule has 0 spiro atoms. The number of carbonyl (C=O) groups excluding carboxylic acids is 1. The molecule has 2 aromatic carbocycles. The van der Waals surface area contributed by atoms with Crippen LogP contribution in [-0.4, -0.2) is 40.3 Å². The average Bonchev–Trinajstić information content (AvgIpc) is 3.09. The van der Waals surface area contributed by atoms with Crippen molar-refractivity contribution in [2.24, 2.45) is 0 Å². The molecule has 146 valence electrons. The number of nitrogens with one attached hydrogen (secondary N) is 1. The first kappa shape index (κ1) is 19.0. The quantitative estimate of drug-likeness (QED) is 0.462. The van der Waals surface area contributed by atoms with Gasteiger partial charge in [-0.05, 0) is 51.8 Å². The summed E-state index contributed by atoms with van der Waals surface area (Å²) < 4.78 is 6.32. The first-order chi connectivity index (χ1) is 13.3. The average molecular weight is 445 g/mol. The number of halogens is 1. The number of benzene rings is 2. The second-order valence-electron chi connectivity index (χ2n) is 7.58. The van der Waals surface area contributed by atoms with E-state index in [4.69, 9.17) is 15.6 Å². The van der Waals surface area contributed by atoms with Gasteiger partial charge in [0.1, 0.15) is 18.5 Å². The highest BCUT2D eigenvalue weighted by molar-refractivity contribution is 9.10. The van der Waals surface area contributed by atoms with Crippen molar-refractivity contribution in [1.29, 1.82) is 0 Å². The molecule has 0 radical (unpaired) electrons. The molecule has 0 saturated carbocycles. The minimum Gasteiger partial charge on any atom is -0.491 e. The van der Waals surface area contributed by atoms with Crippen LogP contribution >= 0.6 is 15.9 Å². The van der Waals surface area contributed by atoms with E-state index < -0.39 is 11.5 Å². The molecular weight excluding hydrogens is 424 g/mol. The Labute approximate surface area is 170 Å². The van der Waals surface area contributed by atoms with Crippen molar-refractivity contribution < 1.29 is 19.7 Å². The number of nitrogens with two attached hydrogens (primary N) is 1. The van der Waals surface area contributed by atoms with Crippen LogP contribution in [0.15, 0.2) is 34.8 Å². The van der Waals surface area contributed by atoms with Crippen molar-refractivity contribution in [3.63, 3.8) is 0 Å². The Bertz CT molecular complexity index is 1100. The number of aromatic nitrogens is 1. The van der Waals surface area contributed by atoms with E-state index in [2.05, 4.69) is 34.8 Å². The molecule has 1 aliphatic carbocycles. The number of aliphatic hydroxyl groups is 2. The Morgan fingerprint density at radius 2 is 2.04 bits per heavy atom. The molecule has 0 bridgehead atoms. The molecule has 0 aliphatic heterocycles. The molecular formula is C21H21BrN2O4. The molecule has 5 N–H and O–H groups in total. The van der Waals surface area contributed by atoms with Crippen molar-refractivity contribution in [2.75, 3.05) is 18.9 Å². The summed E-state index contributed by atoms with van der Waals surface area (Å²) in [5, 5.41) is 19.3. The van der Waals surface area contributed by atoms with Gasteiger partial charge in [-0.25, -0.2) is 0 Å². The molecule has 28 heavy (non-hydrogen) atoms. The Kier molecular flexibility index (Phi) is 4.49. The normalized spacial score (nSPS) is 16.0. The van der Waals surface area contributed by atoms with Gasteiger partial charge in [-0.3, -0.25) is 4.79 Å². The molecule has 0 fully saturated rings. The van der Waals surface area contributed by atoms with Gasteiger partial charge in [0.2, 0.25) is 0 Å². The molecule has 7 heteroatoms. The zero-order valence-corrected chi connectivity index (χ0v) is 17.1. The monoisotopic (exact) mass is 444 g/mol. The van der Waals surface area contributed by atoms with E-state index in [1.54, 1.807) is 18.2 Å². The van der Waals surface area contributed by atoms with Gasteiger partial charge in [-0.1, -0.05) is 13.8 Å². The van der Waals surface area contributed by atoms with E-state index in [9.17, 15) is 9.90 Å². The first-order valence-electron chi connectivity index (χ1n) is 8.96. The number of ketones is 1. The van der Waals surface area contributed by atoms with E-state index in [1.165, 1.54) is 0 Å². The second kappa shape index (κ2) is 6.62. The summed E-state index contributed by atoms with van der Waals surface area (Å²) in [5.74, 6) is 0.492. The minimum atomic E-state index is -0.950. The Morgan fingerprint density at radius 3 is 2.75 bits per heavy atom. The van der Waals surface area contributed by atoms with E-state index in [0.29, 0.717) is 22.6 Å². The minimum absolute atomic E-state index is 0.0203. The van der Waals surface area contributed by atoms with Crippen LogP contribution in [-0.2, 0) is 5.41 Å². The topological polar surface area (TPSA) is 109 Å². The van der Waals surface area contributed by atoms with Crippen LogP contribution in [0.4, 0.5) is 5.69 Å². The lowest BCUT2D eigenvalue weighted by Gasteiger charge is -2.32. The molecule has 4 rings (SSSR count). The number of aliphatic hydroxyl groups excluding tert-OH is 2. The molecule has 0 unspecified atom stereocenters. The molecule has 1 heterocycles. The zero-order chi connectivity index (χ0) is 20.2. The summed E-state index contributed by atoms with van der Waals surface area (Å²) in [6.07, 6.45) is -0.950. The number of fused-ring (bicyclic) bond motifs is 4. The molecule has 3 aromatic rings. The van der Waals surface area contributed by atoms with Gasteiger partial charge in [-0.15, -0.1) is 0 Å². The van der Waals surface area contributed by atoms with Crippen molar-refractivity contribution in [3.8, 4) is 5.75 Å². The number of aromatic amines is 1. The maximum absolute atomic E-state index is 13.3. The van der Waals surface area contributed by atoms with Gasteiger partial charge < -0.3 is 25.7 Å². The SMILES string of the molecule is CC1(C)c2cc(OC[C@@H](O)CO)ccc2C(=O)c2c1[nH]c1c(Br)c(N)ccc21. The zero-order valence-electron chi connectivity index (χ0n) is 15.5. The predicted octanol–water partition coefficient (Wildman–Crippen LogP) is 3.11. The molecule has 1 aromatic heterocycles. The largest absolute Gasteiger partial charge is 0.491 e. The van der Waals surface area contributed by atoms with Crippen LogP contribution in [0, 0.1) is 0 Å². The summed E-state index contributed by atoms with van der Waals surface area (Å²) in [5.41, 5.74) is 9.92. The molecule has 6 nitrogen and oxygen atoms in total. The fourth-order valence-electron chi connectivity index (χ4n) is 3.79. The highest BCUT2D eigenvalue weighted by Gasteiger charge is 2.40. The van der Waals surface area contributed by atoms with Gasteiger partial charge in [-0.2, -0.15) is 0 Å². The lowest BCUT2D eigenvalue weighted by atomic mass is 9.71. The molecule has 0 amide bonds. The summed E-state index contributed by atoms with van der Waals surface area (Å²) in [6, 6.07) is 8.96. The third-order valence-electron chi connectivity index (χ3n) is 5.36. The maximum atomic E-state index is 13.3. The van der Waals surface area contributed by atoms with Crippen LogP contribution in [0.1, 0.15) is 41.0 Å². The van der Waals surface area contributed by atoms with Crippen LogP contribution in [0.3, 0.4) is 0 Å². The third-order valence-corrected chi connectivity index (χ3v) is 6.21. The maximum Gasteiger partial charge on any atom is 0.195 e. The van der Waals surface area contributed by atoms with Gasteiger partial charge >= 0.3 is 0 Å². The summed E-state index contributed by atoms with van der Waals surface area (Å²) in [7, 11) is 0. The number of hydrogen-bond donors (Lipinski definition) is 4.